The van der Waals surface area contributed by atoms with Crippen molar-refractivity contribution in [1.29, 1.82) is 0 Å². The van der Waals surface area contributed by atoms with E-state index in [9.17, 15) is 19.5 Å². The number of carboxylic acid groups (broad SMARTS) is 1. The second-order valence-electron chi connectivity index (χ2n) is 9.06. The molecule has 2 aromatic rings. The molecule has 2 atom stereocenters. The van der Waals surface area contributed by atoms with Crippen LogP contribution in [0.1, 0.15) is 57.6 Å². The Hall–Kier alpha value is -3.35. The second-order valence-corrected chi connectivity index (χ2v) is 9.06. The third kappa shape index (κ3) is 5.08. The van der Waals surface area contributed by atoms with Gasteiger partial charge in [-0.1, -0.05) is 62.4 Å². The average molecular weight is 467 g/mol. The second kappa shape index (κ2) is 10.7. The Kier molecular flexibility index (Phi) is 7.97. The molecule has 34 heavy (non-hydrogen) atoms. The zero-order chi connectivity index (χ0) is 24.9. The van der Waals surface area contributed by atoms with Crippen molar-refractivity contribution in [3.05, 3.63) is 59.7 Å². The number of aliphatic carboxylic acids is 1. The van der Waals surface area contributed by atoms with Crippen LogP contribution in [0.25, 0.3) is 11.1 Å². The summed E-state index contributed by atoms with van der Waals surface area (Å²) in [7, 11) is 0. The third-order valence-corrected chi connectivity index (χ3v) is 7.25. The van der Waals surface area contributed by atoms with Gasteiger partial charge in [0.15, 0.2) is 0 Å². The number of carbonyl (C=O) groups excluding carboxylic acids is 2. The number of benzene rings is 2. The van der Waals surface area contributed by atoms with E-state index in [1.54, 1.807) is 13.8 Å². The first-order chi connectivity index (χ1) is 16.2. The summed E-state index contributed by atoms with van der Waals surface area (Å²) in [6.45, 7) is 7.30. The summed E-state index contributed by atoms with van der Waals surface area (Å²) in [5, 5.41) is 14.8. The van der Waals surface area contributed by atoms with Crippen LogP contribution in [0.4, 0.5) is 4.79 Å². The van der Waals surface area contributed by atoms with Crippen LogP contribution in [0.15, 0.2) is 48.5 Å². The summed E-state index contributed by atoms with van der Waals surface area (Å²) in [5.74, 6) is -1.99. The van der Waals surface area contributed by atoms with E-state index in [-0.39, 0.29) is 25.0 Å². The summed E-state index contributed by atoms with van der Waals surface area (Å²) in [6, 6.07) is 15.7. The number of hydrogen-bond acceptors (Lipinski definition) is 4. The smallest absolute Gasteiger partial charge is 0.407 e. The van der Waals surface area contributed by atoms with Crippen LogP contribution >= 0.6 is 0 Å². The van der Waals surface area contributed by atoms with Gasteiger partial charge < -0.3 is 20.5 Å². The fourth-order valence-electron chi connectivity index (χ4n) is 4.49. The zero-order valence-electron chi connectivity index (χ0n) is 20.3. The number of rotatable bonds is 10. The van der Waals surface area contributed by atoms with E-state index < -0.39 is 29.4 Å². The van der Waals surface area contributed by atoms with Crippen molar-refractivity contribution in [3.8, 4) is 11.1 Å². The molecule has 2 aromatic carbocycles. The van der Waals surface area contributed by atoms with E-state index in [2.05, 4.69) is 34.9 Å². The molecule has 0 spiro atoms. The largest absolute Gasteiger partial charge is 0.481 e. The molecule has 0 bridgehead atoms. The number of ether oxygens (including phenoxy) is 1. The van der Waals surface area contributed by atoms with Crippen LogP contribution in [-0.4, -0.2) is 42.3 Å². The summed E-state index contributed by atoms with van der Waals surface area (Å²) < 4.78 is 5.60. The van der Waals surface area contributed by atoms with Crippen LogP contribution in [-0.2, 0) is 14.3 Å². The highest BCUT2D eigenvalue weighted by molar-refractivity contribution is 5.84. The first-order valence-electron chi connectivity index (χ1n) is 11.9. The van der Waals surface area contributed by atoms with E-state index in [0.29, 0.717) is 12.8 Å². The number of carboxylic acids is 1. The fourth-order valence-corrected chi connectivity index (χ4v) is 4.49. The SMILES string of the molecule is CCC(CC)(CNC(=O)OCC1c2ccccc2-c2ccccc21)C(=O)NC(C)C(C)C(=O)O. The number of fused-ring (bicyclic) bond motifs is 3. The van der Waals surface area contributed by atoms with Gasteiger partial charge in [-0.15, -0.1) is 0 Å². The van der Waals surface area contributed by atoms with E-state index >= 15 is 0 Å². The zero-order valence-corrected chi connectivity index (χ0v) is 20.3. The molecule has 0 aliphatic heterocycles. The Morgan fingerprint density at radius 2 is 1.50 bits per heavy atom. The first kappa shape index (κ1) is 25.3. The molecular weight excluding hydrogens is 432 g/mol. The van der Waals surface area contributed by atoms with Crippen LogP contribution in [0, 0.1) is 11.3 Å². The van der Waals surface area contributed by atoms with Crippen LogP contribution in [0.5, 0.6) is 0 Å². The molecule has 0 fully saturated rings. The standard InChI is InChI=1S/C27H34N2O5/c1-5-27(6-2,25(32)29-18(4)17(3)24(30)31)16-28-26(33)34-15-23-21-13-9-7-11-19(21)20-12-8-10-14-22(20)23/h7-14,17-18,23H,5-6,15-16H2,1-4H3,(H,28,33)(H,29,32)(H,30,31). The van der Waals surface area contributed by atoms with E-state index in [4.69, 9.17) is 4.74 Å². The first-order valence-corrected chi connectivity index (χ1v) is 11.9. The fraction of sp³-hybridized carbons (Fsp3) is 0.444. The van der Waals surface area contributed by atoms with Gasteiger partial charge in [-0.2, -0.15) is 0 Å². The normalized spacial score (nSPS) is 14.5. The van der Waals surface area contributed by atoms with Crippen molar-refractivity contribution >= 4 is 18.0 Å². The van der Waals surface area contributed by atoms with Crippen LogP contribution < -0.4 is 10.6 Å². The molecule has 182 valence electrons. The molecule has 0 radical (unpaired) electrons. The van der Waals surface area contributed by atoms with Crippen molar-refractivity contribution in [3.63, 3.8) is 0 Å². The number of hydrogen-bond donors (Lipinski definition) is 3. The predicted molar refractivity (Wildman–Crippen MR) is 130 cm³/mol. The van der Waals surface area contributed by atoms with Crippen molar-refractivity contribution in [2.45, 2.75) is 52.5 Å². The summed E-state index contributed by atoms with van der Waals surface area (Å²) in [5.41, 5.74) is 3.73. The molecule has 2 unspecified atom stereocenters. The van der Waals surface area contributed by atoms with E-state index in [1.807, 2.05) is 38.1 Å². The minimum atomic E-state index is -0.969. The van der Waals surface area contributed by atoms with Crippen molar-refractivity contribution in [2.75, 3.05) is 13.2 Å². The van der Waals surface area contributed by atoms with Gasteiger partial charge in [-0.3, -0.25) is 9.59 Å². The van der Waals surface area contributed by atoms with Gasteiger partial charge in [0.05, 0.1) is 11.3 Å². The number of alkyl carbamates (subject to hydrolysis) is 1. The van der Waals surface area contributed by atoms with Crippen molar-refractivity contribution in [1.82, 2.24) is 10.6 Å². The molecule has 0 saturated carbocycles. The lowest BCUT2D eigenvalue weighted by atomic mass is 9.80. The highest BCUT2D eigenvalue weighted by Gasteiger charge is 2.37. The van der Waals surface area contributed by atoms with Gasteiger partial charge in [0.25, 0.3) is 0 Å². The van der Waals surface area contributed by atoms with E-state index in [1.165, 1.54) is 0 Å². The summed E-state index contributed by atoms with van der Waals surface area (Å²) in [4.78, 5) is 36.9. The Labute approximate surface area is 200 Å². The van der Waals surface area contributed by atoms with Gasteiger partial charge in [0.1, 0.15) is 6.61 Å². The lowest BCUT2D eigenvalue weighted by molar-refractivity contribution is -0.142. The molecular formula is C27H34N2O5. The summed E-state index contributed by atoms with van der Waals surface area (Å²) in [6.07, 6.45) is 0.410. The maximum Gasteiger partial charge on any atom is 0.407 e. The Bertz CT molecular complexity index is 1000. The average Bonchev–Trinajstić information content (AvgIpc) is 3.16. The molecule has 0 aromatic heterocycles. The quantitative estimate of drug-likeness (QED) is 0.476. The molecule has 3 rings (SSSR count). The maximum atomic E-state index is 13.0. The molecule has 7 nitrogen and oxygen atoms in total. The number of nitrogens with one attached hydrogen (secondary N) is 2. The minimum Gasteiger partial charge on any atom is -0.481 e. The lowest BCUT2D eigenvalue weighted by Gasteiger charge is -2.32. The molecule has 0 saturated heterocycles. The lowest BCUT2D eigenvalue weighted by Crippen LogP contribution is -2.52. The van der Waals surface area contributed by atoms with Crippen molar-refractivity contribution < 1.29 is 24.2 Å². The Morgan fingerprint density at radius 3 is 2.00 bits per heavy atom. The van der Waals surface area contributed by atoms with Gasteiger partial charge >= 0.3 is 12.1 Å². The van der Waals surface area contributed by atoms with Gasteiger partial charge in [0.2, 0.25) is 5.91 Å². The van der Waals surface area contributed by atoms with Gasteiger partial charge in [-0.25, -0.2) is 4.79 Å². The van der Waals surface area contributed by atoms with Crippen LogP contribution in [0.3, 0.4) is 0 Å². The molecule has 2 amide bonds. The van der Waals surface area contributed by atoms with Crippen LogP contribution in [0.2, 0.25) is 0 Å². The highest BCUT2D eigenvalue weighted by atomic mass is 16.5. The van der Waals surface area contributed by atoms with Crippen molar-refractivity contribution in [2.24, 2.45) is 11.3 Å². The molecule has 1 aliphatic carbocycles. The van der Waals surface area contributed by atoms with Gasteiger partial charge in [-0.05, 0) is 48.9 Å². The van der Waals surface area contributed by atoms with Gasteiger partial charge in [0, 0.05) is 18.5 Å². The predicted octanol–water partition coefficient (Wildman–Crippen LogP) is 4.56. The molecule has 1 aliphatic rings. The Balaban J connectivity index is 1.62. The topological polar surface area (TPSA) is 105 Å². The molecule has 0 heterocycles. The Morgan fingerprint density at radius 1 is 0.971 bits per heavy atom. The molecule has 3 N–H and O–H groups in total. The minimum absolute atomic E-state index is 0.0399. The monoisotopic (exact) mass is 466 g/mol. The summed E-state index contributed by atoms with van der Waals surface area (Å²) >= 11 is 0. The molecule has 7 heteroatoms. The highest BCUT2D eigenvalue weighted by Crippen LogP contribution is 2.44. The van der Waals surface area contributed by atoms with E-state index in [0.717, 1.165) is 22.3 Å². The maximum absolute atomic E-state index is 13.0. The third-order valence-electron chi connectivity index (χ3n) is 7.25. The number of carbonyl (C=O) groups is 3. The number of amides is 2.